The van der Waals surface area contributed by atoms with Crippen LogP contribution in [0.3, 0.4) is 0 Å². The SMILES string of the molecule is CC(=O)OC1CNCCC1(F)F.Cl. The van der Waals surface area contributed by atoms with Crippen molar-refractivity contribution < 1.29 is 18.3 Å². The number of carbonyl (C=O) groups is 1. The zero-order valence-corrected chi connectivity index (χ0v) is 8.00. The first-order valence-corrected chi connectivity index (χ1v) is 3.78. The molecule has 0 saturated carbocycles. The van der Waals surface area contributed by atoms with Gasteiger partial charge in [-0.25, -0.2) is 8.78 Å². The van der Waals surface area contributed by atoms with Gasteiger partial charge in [-0.2, -0.15) is 0 Å². The second-order valence-electron chi connectivity index (χ2n) is 2.81. The highest BCUT2D eigenvalue weighted by Gasteiger charge is 2.43. The van der Waals surface area contributed by atoms with Gasteiger partial charge in [0.25, 0.3) is 5.92 Å². The minimum Gasteiger partial charge on any atom is -0.455 e. The van der Waals surface area contributed by atoms with Gasteiger partial charge in [-0.15, -0.1) is 12.4 Å². The van der Waals surface area contributed by atoms with Crippen LogP contribution in [0.5, 0.6) is 0 Å². The van der Waals surface area contributed by atoms with Gasteiger partial charge in [-0.1, -0.05) is 0 Å². The Morgan fingerprint density at radius 1 is 1.62 bits per heavy atom. The molecule has 0 aromatic carbocycles. The third-order valence-electron chi connectivity index (χ3n) is 1.74. The molecule has 0 aromatic heterocycles. The number of hydrogen-bond donors (Lipinski definition) is 1. The molecule has 0 aromatic rings. The average Bonchev–Trinajstić information content (AvgIpc) is 1.92. The van der Waals surface area contributed by atoms with Crippen LogP contribution in [0.1, 0.15) is 13.3 Å². The first kappa shape index (κ1) is 12.6. The van der Waals surface area contributed by atoms with Crippen LogP contribution in [-0.2, 0) is 9.53 Å². The predicted octanol–water partition coefficient (Wildman–Crippen LogP) is 0.969. The molecule has 0 bridgehead atoms. The standard InChI is InChI=1S/C7H11F2NO2.ClH/c1-5(11)12-6-4-10-3-2-7(6,8)9;/h6,10H,2-4H2,1H3;1H. The fourth-order valence-electron chi connectivity index (χ4n) is 1.13. The fraction of sp³-hybridized carbons (Fsp3) is 0.857. The average molecular weight is 216 g/mol. The maximum absolute atomic E-state index is 12.9. The third-order valence-corrected chi connectivity index (χ3v) is 1.74. The largest absolute Gasteiger partial charge is 0.455 e. The smallest absolute Gasteiger partial charge is 0.303 e. The van der Waals surface area contributed by atoms with Crippen molar-refractivity contribution in [3.8, 4) is 0 Å². The number of carbonyl (C=O) groups excluding carboxylic acids is 1. The molecule has 13 heavy (non-hydrogen) atoms. The summed E-state index contributed by atoms with van der Waals surface area (Å²) in [6, 6.07) is 0. The lowest BCUT2D eigenvalue weighted by Crippen LogP contribution is -2.50. The molecule has 0 amide bonds. The van der Waals surface area contributed by atoms with Crippen LogP contribution in [-0.4, -0.2) is 31.1 Å². The number of halogens is 3. The molecule has 1 N–H and O–H groups in total. The van der Waals surface area contributed by atoms with E-state index in [2.05, 4.69) is 10.1 Å². The van der Waals surface area contributed by atoms with E-state index in [4.69, 9.17) is 0 Å². The quantitative estimate of drug-likeness (QED) is 0.663. The molecule has 1 atom stereocenters. The second kappa shape index (κ2) is 4.72. The van der Waals surface area contributed by atoms with Crippen molar-refractivity contribution in [1.82, 2.24) is 5.32 Å². The van der Waals surface area contributed by atoms with E-state index in [-0.39, 0.29) is 31.9 Å². The molecule has 1 aliphatic heterocycles. The van der Waals surface area contributed by atoms with Gasteiger partial charge in [-0.3, -0.25) is 4.79 Å². The molecule has 1 rings (SSSR count). The van der Waals surface area contributed by atoms with Crippen molar-refractivity contribution in [2.75, 3.05) is 13.1 Å². The second-order valence-corrected chi connectivity index (χ2v) is 2.81. The molecule has 6 heteroatoms. The highest BCUT2D eigenvalue weighted by Crippen LogP contribution is 2.27. The van der Waals surface area contributed by atoms with E-state index in [9.17, 15) is 13.6 Å². The molecule has 1 unspecified atom stereocenters. The Hall–Kier alpha value is -0.420. The van der Waals surface area contributed by atoms with E-state index >= 15 is 0 Å². The Labute approximate surface area is 81.2 Å². The zero-order valence-electron chi connectivity index (χ0n) is 7.18. The molecular formula is C7H12ClF2NO2. The van der Waals surface area contributed by atoms with E-state index < -0.39 is 18.0 Å². The molecule has 1 heterocycles. The molecule has 78 valence electrons. The van der Waals surface area contributed by atoms with E-state index in [1.165, 1.54) is 0 Å². The highest BCUT2D eigenvalue weighted by molar-refractivity contribution is 5.85. The molecule has 0 spiro atoms. The fourth-order valence-corrected chi connectivity index (χ4v) is 1.13. The lowest BCUT2D eigenvalue weighted by molar-refractivity contribution is -0.176. The summed E-state index contributed by atoms with van der Waals surface area (Å²) < 4.78 is 30.3. The molecule has 3 nitrogen and oxygen atoms in total. The van der Waals surface area contributed by atoms with Gasteiger partial charge in [0.2, 0.25) is 0 Å². The van der Waals surface area contributed by atoms with Crippen LogP contribution in [0.15, 0.2) is 0 Å². The predicted molar refractivity (Wildman–Crippen MR) is 45.2 cm³/mol. The maximum atomic E-state index is 12.9. The van der Waals surface area contributed by atoms with Crippen molar-refractivity contribution in [2.45, 2.75) is 25.4 Å². The number of alkyl halides is 2. The normalized spacial score (nSPS) is 25.9. The monoisotopic (exact) mass is 215 g/mol. The van der Waals surface area contributed by atoms with Gasteiger partial charge in [0.05, 0.1) is 0 Å². The minimum atomic E-state index is -2.88. The van der Waals surface area contributed by atoms with Crippen molar-refractivity contribution in [1.29, 1.82) is 0 Å². The molecule has 0 radical (unpaired) electrons. The minimum absolute atomic E-state index is 0. The number of hydrogen-bond acceptors (Lipinski definition) is 3. The van der Waals surface area contributed by atoms with Crippen molar-refractivity contribution in [2.24, 2.45) is 0 Å². The molecule has 1 saturated heterocycles. The van der Waals surface area contributed by atoms with E-state index in [0.29, 0.717) is 0 Å². The zero-order chi connectivity index (χ0) is 9.19. The van der Waals surface area contributed by atoms with Crippen molar-refractivity contribution >= 4 is 18.4 Å². The lowest BCUT2D eigenvalue weighted by atomic mass is 10.1. The van der Waals surface area contributed by atoms with Crippen LogP contribution < -0.4 is 5.32 Å². The van der Waals surface area contributed by atoms with Crippen LogP contribution in [0.25, 0.3) is 0 Å². The molecular weight excluding hydrogens is 204 g/mol. The van der Waals surface area contributed by atoms with Crippen LogP contribution in [0.4, 0.5) is 8.78 Å². The summed E-state index contributed by atoms with van der Waals surface area (Å²) in [5.74, 6) is -3.54. The topological polar surface area (TPSA) is 38.3 Å². The highest BCUT2D eigenvalue weighted by atomic mass is 35.5. The summed E-state index contributed by atoms with van der Waals surface area (Å²) >= 11 is 0. The summed E-state index contributed by atoms with van der Waals surface area (Å²) in [4.78, 5) is 10.4. The number of ether oxygens (including phenoxy) is 1. The first-order chi connectivity index (χ1) is 5.52. The number of esters is 1. The van der Waals surface area contributed by atoms with Crippen molar-refractivity contribution in [3.63, 3.8) is 0 Å². The summed E-state index contributed by atoms with van der Waals surface area (Å²) in [6.45, 7) is 1.43. The van der Waals surface area contributed by atoms with Gasteiger partial charge >= 0.3 is 5.97 Å². The van der Waals surface area contributed by atoms with Gasteiger partial charge in [0.15, 0.2) is 6.10 Å². The summed E-state index contributed by atoms with van der Waals surface area (Å²) in [5.41, 5.74) is 0. The Kier molecular flexibility index (Phi) is 4.56. The van der Waals surface area contributed by atoms with Crippen LogP contribution in [0, 0.1) is 0 Å². The molecule has 0 aliphatic carbocycles. The van der Waals surface area contributed by atoms with E-state index in [1.54, 1.807) is 0 Å². The Morgan fingerprint density at radius 3 is 2.69 bits per heavy atom. The van der Waals surface area contributed by atoms with Gasteiger partial charge in [0.1, 0.15) is 0 Å². The summed E-state index contributed by atoms with van der Waals surface area (Å²) in [5, 5.41) is 2.74. The van der Waals surface area contributed by atoms with Gasteiger partial charge in [-0.05, 0) is 0 Å². The number of piperidine rings is 1. The Morgan fingerprint density at radius 2 is 2.23 bits per heavy atom. The van der Waals surface area contributed by atoms with E-state index in [0.717, 1.165) is 6.92 Å². The van der Waals surface area contributed by atoms with Crippen LogP contribution >= 0.6 is 12.4 Å². The van der Waals surface area contributed by atoms with Crippen LogP contribution in [0.2, 0.25) is 0 Å². The molecule has 1 fully saturated rings. The lowest BCUT2D eigenvalue weighted by Gasteiger charge is -2.30. The first-order valence-electron chi connectivity index (χ1n) is 3.78. The maximum Gasteiger partial charge on any atom is 0.303 e. The third kappa shape index (κ3) is 3.44. The van der Waals surface area contributed by atoms with Crippen molar-refractivity contribution in [3.05, 3.63) is 0 Å². The Bertz CT molecular complexity index is 189. The Balaban J connectivity index is 0.00000144. The summed E-state index contributed by atoms with van der Waals surface area (Å²) in [6.07, 6.45) is -1.57. The number of nitrogens with one attached hydrogen (secondary N) is 1. The molecule has 1 aliphatic rings. The van der Waals surface area contributed by atoms with Gasteiger partial charge < -0.3 is 10.1 Å². The summed E-state index contributed by atoms with van der Waals surface area (Å²) in [7, 11) is 0. The van der Waals surface area contributed by atoms with E-state index in [1.807, 2.05) is 0 Å². The van der Waals surface area contributed by atoms with Gasteiger partial charge in [0, 0.05) is 26.4 Å². The number of rotatable bonds is 1.